The molecular formula is C16H20ClN3S. The lowest BCUT2D eigenvalue weighted by atomic mass is 10.3. The molecule has 0 saturated heterocycles. The van der Waals surface area contributed by atoms with Crippen LogP contribution in [-0.2, 0) is 6.42 Å². The molecule has 0 radical (unpaired) electrons. The van der Waals surface area contributed by atoms with E-state index in [2.05, 4.69) is 36.1 Å². The molecule has 112 valence electrons. The summed E-state index contributed by atoms with van der Waals surface area (Å²) in [5, 5.41) is 5.14. The van der Waals surface area contributed by atoms with Crippen molar-refractivity contribution in [2.45, 2.75) is 43.5 Å². The number of nitrogens with one attached hydrogen (secondary N) is 1. The standard InChI is InChI=1S/C16H20ClN3S/c1-4-10-18-15-11(3)16(20-14(5-2)19-15)21-13-8-6-12(17)7-9-13/h6-9H,4-5,10H2,1-3H3,(H,18,19,20). The Bertz CT molecular complexity index is 599. The first-order valence-corrected chi connectivity index (χ1v) is 8.38. The fraction of sp³-hybridized carbons (Fsp3) is 0.375. The Morgan fingerprint density at radius 1 is 1.14 bits per heavy atom. The van der Waals surface area contributed by atoms with Gasteiger partial charge in [-0.15, -0.1) is 0 Å². The number of rotatable bonds is 6. The van der Waals surface area contributed by atoms with Crippen LogP contribution >= 0.6 is 23.4 Å². The molecule has 0 aliphatic carbocycles. The highest BCUT2D eigenvalue weighted by Gasteiger charge is 2.11. The van der Waals surface area contributed by atoms with E-state index >= 15 is 0 Å². The van der Waals surface area contributed by atoms with E-state index in [1.807, 2.05) is 24.3 Å². The summed E-state index contributed by atoms with van der Waals surface area (Å²) in [6.45, 7) is 7.21. The van der Waals surface area contributed by atoms with Gasteiger partial charge in [0.15, 0.2) is 0 Å². The number of aryl methyl sites for hydroxylation is 1. The molecule has 0 fully saturated rings. The molecule has 1 N–H and O–H groups in total. The van der Waals surface area contributed by atoms with E-state index in [-0.39, 0.29) is 0 Å². The number of anilines is 1. The zero-order valence-electron chi connectivity index (χ0n) is 12.6. The van der Waals surface area contributed by atoms with Gasteiger partial charge in [0.1, 0.15) is 16.7 Å². The van der Waals surface area contributed by atoms with E-state index in [0.717, 1.165) is 51.5 Å². The van der Waals surface area contributed by atoms with E-state index in [9.17, 15) is 0 Å². The van der Waals surface area contributed by atoms with Crippen molar-refractivity contribution in [3.63, 3.8) is 0 Å². The average molecular weight is 322 g/mol. The van der Waals surface area contributed by atoms with Gasteiger partial charge in [-0.3, -0.25) is 0 Å². The SMILES string of the molecule is CCCNc1nc(CC)nc(Sc2ccc(Cl)cc2)c1C. The molecule has 2 rings (SSSR count). The van der Waals surface area contributed by atoms with Crippen molar-refractivity contribution in [1.82, 2.24) is 9.97 Å². The molecule has 2 aromatic rings. The smallest absolute Gasteiger partial charge is 0.133 e. The summed E-state index contributed by atoms with van der Waals surface area (Å²) in [5.41, 5.74) is 1.10. The molecular weight excluding hydrogens is 302 g/mol. The van der Waals surface area contributed by atoms with E-state index in [1.54, 1.807) is 11.8 Å². The van der Waals surface area contributed by atoms with Crippen LogP contribution in [0, 0.1) is 6.92 Å². The molecule has 1 heterocycles. The lowest BCUT2D eigenvalue weighted by molar-refractivity contribution is 0.861. The van der Waals surface area contributed by atoms with E-state index in [0.29, 0.717) is 0 Å². The Kier molecular flexibility index (Phi) is 5.88. The zero-order chi connectivity index (χ0) is 15.2. The predicted molar refractivity (Wildman–Crippen MR) is 90.5 cm³/mol. The molecule has 1 aromatic carbocycles. The molecule has 1 aromatic heterocycles. The summed E-state index contributed by atoms with van der Waals surface area (Å²) in [7, 11) is 0. The summed E-state index contributed by atoms with van der Waals surface area (Å²) >= 11 is 7.58. The number of nitrogens with zero attached hydrogens (tertiary/aromatic N) is 2. The predicted octanol–water partition coefficient (Wildman–Crippen LogP) is 4.97. The molecule has 0 amide bonds. The molecule has 0 bridgehead atoms. The molecule has 0 saturated carbocycles. The van der Waals surface area contributed by atoms with Gasteiger partial charge < -0.3 is 5.32 Å². The lowest BCUT2D eigenvalue weighted by Gasteiger charge is -2.13. The van der Waals surface area contributed by atoms with E-state index in [4.69, 9.17) is 11.6 Å². The van der Waals surface area contributed by atoms with Crippen LogP contribution in [0.1, 0.15) is 31.7 Å². The van der Waals surface area contributed by atoms with Gasteiger partial charge in [0, 0.05) is 28.4 Å². The fourth-order valence-corrected chi connectivity index (χ4v) is 2.85. The summed E-state index contributed by atoms with van der Waals surface area (Å²) < 4.78 is 0. The third kappa shape index (κ3) is 4.35. The van der Waals surface area contributed by atoms with Crippen LogP contribution in [-0.4, -0.2) is 16.5 Å². The second-order valence-corrected chi connectivity index (χ2v) is 6.25. The summed E-state index contributed by atoms with van der Waals surface area (Å²) in [6, 6.07) is 7.83. The second-order valence-electron chi connectivity index (χ2n) is 4.75. The highest BCUT2D eigenvalue weighted by molar-refractivity contribution is 7.99. The van der Waals surface area contributed by atoms with Crippen molar-refractivity contribution >= 4 is 29.2 Å². The van der Waals surface area contributed by atoms with Crippen LogP contribution in [0.5, 0.6) is 0 Å². The molecule has 3 nitrogen and oxygen atoms in total. The molecule has 21 heavy (non-hydrogen) atoms. The highest BCUT2D eigenvalue weighted by atomic mass is 35.5. The van der Waals surface area contributed by atoms with Crippen LogP contribution in [0.2, 0.25) is 5.02 Å². The number of benzene rings is 1. The molecule has 0 aliphatic heterocycles. The van der Waals surface area contributed by atoms with E-state index in [1.165, 1.54) is 0 Å². The van der Waals surface area contributed by atoms with Crippen molar-refractivity contribution in [1.29, 1.82) is 0 Å². The number of aromatic nitrogens is 2. The normalized spacial score (nSPS) is 10.7. The summed E-state index contributed by atoms with van der Waals surface area (Å²) in [6.07, 6.45) is 1.90. The van der Waals surface area contributed by atoms with Crippen molar-refractivity contribution < 1.29 is 0 Å². The molecule has 0 spiro atoms. The van der Waals surface area contributed by atoms with Gasteiger partial charge in [-0.05, 0) is 37.6 Å². The highest BCUT2D eigenvalue weighted by Crippen LogP contribution is 2.32. The maximum absolute atomic E-state index is 5.93. The van der Waals surface area contributed by atoms with Gasteiger partial charge in [0.25, 0.3) is 0 Å². The number of halogens is 1. The molecule has 0 aliphatic rings. The third-order valence-electron chi connectivity index (χ3n) is 3.03. The average Bonchev–Trinajstić information content (AvgIpc) is 2.50. The number of hydrogen-bond donors (Lipinski definition) is 1. The van der Waals surface area contributed by atoms with Crippen molar-refractivity contribution in [2.75, 3.05) is 11.9 Å². The van der Waals surface area contributed by atoms with Crippen molar-refractivity contribution in [2.24, 2.45) is 0 Å². The molecule has 0 atom stereocenters. The van der Waals surface area contributed by atoms with E-state index < -0.39 is 0 Å². The van der Waals surface area contributed by atoms with Crippen LogP contribution in [0.25, 0.3) is 0 Å². The molecule has 5 heteroatoms. The van der Waals surface area contributed by atoms with Gasteiger partial charge >= 0.3 is 0 Å². The Hall–Kier alpha value is -1.26. The Morgan fingerprint density at radius 2 is 1.86 bits per heavy atom. The largest absolute Gasteiger partial charge is 0.370 e. The third-order valence-corrected chi connectivity index (χ3v) is 4.38. The maximum Gasteiger partial charge on any atom is 0.133 e. The van der Waals surface area contributed by atoms with Crippen LogP contribution in [0.3, 0.4) is 0 Å². The monoisotopic (exact) mass is 321 g/mol. The van der Waals surface area contributed by atoms with Gasteiger partial charge in [0.2, 0.25) is 0 Å². The van der Waals surface area contributed by atoms with Crippen LogP contribution in [0.15, 0.2) is 34.2 Å². The first-order valence-electron chi connectivity index (χ1n) is 7.18. The van der Waals surface area contributed by atoms with Gasteiger partial charge in [-0.25, -0.2) is 9.97 Å². The number of hydrogen-bond acceptors (Lipinski definition) is 4. The summed E-state index contributed by atoms with van der Waals surface area (Å²) in [4.78, 5) is 10.4. The minimum atomic E-state index is 0.748. The Labute approximate surface area is 135 Å². The van der Waals surface area contributed by atoms with Gasteiger partial charge in [-0.1, -0.05) is 37.2 Å². The minimum absolute atomic E-state index is 0.748. The Balaban J connectivity index is 2.30. The van der Waals surface area contributed by atoms with Crippen molar-refractivity contribution in [3.05, 3.63) is 40.7 Å². The van der Waals surface area contributed by atoms with Crippen LogP contribution in [0.4, 0.5) is 5.82 Å². The fourth-order valence-electron chi connectivity index (χ4n) is 1.83. The summed E-state index contributed by atoms with van der Waals surface area (Å²) in [5.74, 6) is 1.82. The molecule has 0 unspecified atom stereocenters. The second kappa shape index (κ2) is 7.66. The van der Waals surface area contributed by atoms with Crippen LogP contribution < -0.4 is 5.32 Å². The maximum atomic E-state index is 5.93. The quantitative estimate of drug-likeness (QED) is 0.762. The Morgan fingerprint density at radius 3 is 2.48 bits per heavy atom. The van der Waals surface area contributed by atoms with Gasteiger partial charge in [-0.2, -0.15) is 0 Å². The first kappa shape index (κ1) is 16.1. The van der Waals surface area contributed by atoms with Crippen molar-refractivity contribution in [3.8, 4) is 0 Å². The topological polar surface area (TPSA) is 37.8 Å². The lowest BCUT2D eigenvalue weighted by Crippen LogP contribution is -2.08. The minimum Gasteiger partial charge on any atom is -0.370 e. The van der Waals surface area contributed by atoms with Gasteiger partial charge in [0.05, 0.1) is 0 Å². The zero-order valence-corrected chi connectivity index (χ0v) is 14.2. The first-order chi connectivity index (χ1) is 10.1.